The van der Waals surface area contributed by atoms with E-state index in [1.807, 2.05) is 36.5 Å². The predicted octanol–water partition coefficient (Wildman–Crippen LogP) is 2.54. The molecule has 0 unspecified atom stereocenters. The number of carbonyl (C=O) groups is 2. The molecule has 2 aromatic carbocycles. The van der Waals surface area contributed by atoms with Crippen molar-refractivity contribution in [3.8, 4) is 11.5 Å². The van der Waals surface area contributed by atoms with Crippen molar-refractivity contribution < 1.29 is 28.6 Å². The van der Waals surface area contributed by atoms with Gasteiger partial charge in [-0.15, -0.1) is 0 Å². The standard InChI is InChI=1S/C23H23N3O6/c1-15(16-6-7-20-21(10-16)31-14-30-20)26-32-13-23(28)29-12-22(27)24-9-8-17-11-25-19-5-3-2-4-18(17)19/h2-7,10-11,25H,8-9,12-14H2,1H3,(H,24,27)/b26-15+. The molecule has 9 nitrogen and oxygen atoms in total. The number of rotatable bonds is 9. The zero-order valence-electron chi connectivity index (χ0n) is 17.6. The maximum Gasteiger partial charge on any atom is 0.347 e. The number of hydrogen-bond donors (Lipinski definition) is 2. The molecule has 2 heterocycles. The van der Waals surface area contributed by atoms with Crippen molar-refractivity contribution in [1.82, 2.24) is 10.3 Å². The van der Waals surface area contributed by atoms with Gasteiger partial charge in [-0.3, -0.25) is 4.79 Å². The van der Waals surface area contributed by atoms with Gasteiger partial charge in [-0.05, 0) is 43.2 Å². The molecule has 1 aliphatic rings. The van der Waals surface area contributed by atoms with Gasteiger partial charge in [0.15, 0.2) is 18.1 Å². The number of oxime groups is 1. The van der Waals surface area contributed by atoms with E-state index in [1.54, 1.807) is 19.1 Å². The number of fused-ring (bicyclic) bond motifs is 2. The number of carbonyl (C=O) groups excluding carboxylic acids is 2. The zero-order valence-corrected chi connectivity index (χ0v) is 17.6. The Hall–Kier alpha value is -4.01. The summed E-state index contributed by atoms with van der Waals surface area (Å²) in [5.74, 6) is 0.246. The Morgan fingerprint density at radius 1 is 1.12 bits per heavy atom. The van der Waals surface area contributed by atoms with Crippen LogP contribution in [-0.2, 0) is 25.6 Å². The van der Waals surface area contributed by atoms with Crippen molar-refractivity contribution in [2.24, 2.45) is 5.16 Å². The number of hydrogen-bond acceptors (Lipinski definition) is 7. The van der Waals surface area contributed by atoms with E-state index in [0.717, 1.165) is 22.0 Å². The fourth-order valence-electron chi connectivity index (χ4n) is 3.27. The minimum Gasteiger partial charge on any atom is -0.454 e. The Kier molecular flexibility index (Phi) is 6.54. The number of aromatic nitrogens is 1. The Balaban J connectivity index is 1.14. The lowest BCUT2D eigenvalue weighted by atomic mass is 10.1. The molecule has 2 N–H and O–H groups in total. The van der Waals surface area contributed by atoms with Gasteiger partial charge in [-0.2, -0.15) is 0 Å². The van der Waals surface area contributed by atoms with Crippen LogP contribution < -0.4 is 14.8 Å². The van der Waals surface area contributed by atoms with Gasteiger partial charge in [0, 0.05) is 29.2 Å². The van der Waals surface area contributed by atoms with Crippen LogP contribution in [0.3, 0.4) is 0 Å². The van der Waals surface area contributed by atoms with Gasteiger partial charge in [0.1, 0.15) is 0 Å². The molecule has 0 fully saturated rings. The minimum absolute atomic E-state index is 0.188. The van der Waals surface area contributed by atoms with E-state index < -0.39 is 12.6 Å². The highest BCUT2D eigenvalue weighted by Gasteiger charge is 2.14. The Bertz CT molecular complexity index is 1150. The van der Waals surface area contributed by atoms with Crippen molar-refractivity contribution in [2.45, 2.75) is 13.3 Å². The summed E-state index contributed by atoms with van der Waals surface area (Å²) in [4.78, 5) is 31.9. The lowest BCUT2D eigenvalue weighted by molar-refractivity contribution is -0.152. The smallest absolute Gasteiger partial charge is 0.347 e. The summed E-state index contributed by atoms with van der Waals surface area (Å²) in [6, 6.07) is 13.3. The molecular formula is C23H23N3O6. The third kappa shape index (κ3) is 5.18. The molecular weight excluding hydrogens is 414 g/mol. The van der Waals surface area contributed by atoms with Crippen molar-refractivity contribution in [1.29, 1.82) is 0 Å². The van der Waals surface area contributed by atoms with Crippen LogP contribution in [0, 0.1) is 0 Å². The number of aromatic amines is 1. The average molecular weight is 437 g/mol. The maximum absolute atomic E-state index is 11.9. The summed E-state index contributed by atoms with van der Waals surface area (Å²) >= 11 is 0. The number of esters is 1. The van der Waals surface area contributed by atoms with E-state index in [4.69, 9.17) is 19.0 Å². The fourth-order valence-corrected chi connectivity index (χ4v) is 3.27. The van der Waals surface area contributed by atoms with E-state index in [1.165, 1.54) is 0 Å². The van der Waals surface area contributed by atoms with Crippen molar-refractivity contribution in [2.75, 3.05) is 26.6 Å². The van der Waals surface area contributed by atoms with Gasteiger partial charge in [0.25, 0.3) is 5.91 Å². The van der Waals surface area contributed by atoms with E-state index in [2.05, 4.69) is 15.5 Å². The second-order valence-corrected chi connectivity index (χ2v) is 7.14. The molecule has 166 valence electrons. The van der Waals surface area contributed by atoms with Gasteiger partial charge in [0.2, 0.25) is 13.4 Å². The molecule has 0 atom stereocenters. The molecule has 3 aromatic rings. The number of ether oxygens (including phenoxy) is 3. The lowest BCUT2D eigenvalue weighted by Crippen LogP contribution is -2.31. The number of nitrogens with zero attached hydrogens (tertiary/aromatic N) is 1. The first-order valence-corrected chi connectivity index (χ1v) is 10.1. The van der Waals surface area contributed by atoms with E-state index >= 15 is 0 Å². The maximum atomic E-state index is 11.9. The van der Waals surface area contributed by atoms with E-state index in [9.17, 15) is 9.59 Å². The second kappa shape index (κ2) is 9.86. The molecule has 0 aliphatic carbocycles. The normalized spacial score (nSPS) is 12.6. The first-order valence-electron chi connectivity index (χ1n) is 10.1. The van der Waals surface area contributed by atoms with Crippen LogP contribution in [0.4, 0.5) is 0 Å². The van der Waals surface area contributed by atoms with Gasteiger partial charge in [-0.1, -0.05) is 23.4 Å². The van der Waals surface area contributed by atoms with Gasteiger partial charge >= 0.3 is 5.97 Å². The summed E-state index contributed by atoms with van der Waals surface area (Å²) in [5.41, 5.74) is 3.50. The Morgan fingerprint density at radius 3 is 2.88 bits per heavy atom. The number of amides is 1. The predicted molar refractivity (Wildman–Crippen MR) is 117 cm³/mol. The number of nitrogens with one attached hydrogen (secondary N) is 2. The van der Waals surface area contributed by atoms with Crippen LogP contribution in [0.5, 0.6) is 11.5 Å². The Labute approximate surface area is 184 Å². The van der Waals surface area contributed by atoms with Gasteiger partial charge in [0.05, 0.1) is 5.71 Å². The largest absolute Gasteiger partial charge is 0.454 e. The number of H-pyrrole nitrogens is 1. The van der Waals surface area contributed by atoms with Crippen LogP contribution in [0.2, 0.25) is 0 Å². The van der Waals surface area contributed by atoms with Gasteiger partial charge in [-0.25, -0.2) is 4.79 Å². The summed E-state index contributed by atoms with van der Waals surface area (Å²) in [5, 5.41) is 7.77. The summed E-state index contributed by atoms with van der Waals surface area (Å²) in [6.07, 6.45) is 2.60. The molecule has 1 aromatic heterocycles. The second-order valence-electron chi connectivity index (χ2n) is 7.14. The number of para-hydroxylation sites is 1. The molecule has 0 bridgehead atoms. The van der Waals surface area contributed by atoms with E-state index in [-0.39, 0.29) is 19.3 Å². The fraction of sp³-hybridized carbons (Fsp3) is 0.261. The van der Waals surface area contributed by atoms with Gasteiger partial charge < -0.3 is 29.3 Å². The van der Waals surface area contributed by atoms with Crippen LogP contribution in [-0.4, -0.2) is 49.1 Å². The molecule has 1 amide bonds. The molecule has 0 saturated carbocycles. The van der Waals surface area contributed by atoms with Crippen LogP contribution in [0.1, 0.15) is 18.1 Å². The van der Waals surface area contributed by atoms with Crippen molar-refractivity contribution in [3.05, 3.63) is 59.8 Å². The first-order chi connectivity index (χ1) is 15.6. The topological polar surface area (TPSA) is 111 Å². The minimum atomic E-state index is -0.681. The summed E-state index contributed by atoms with van der Waals surface area (Å²) in [7, 11) is 0. The molecule has 0 saturated heterocycles. The highest BCUT2D eigenvalue weighted by molar-refractivity contribution is 5.99. The van der Waals surface area contributed by atoms with Crippen LogP contribution >= 0.6 is 0 Å². The molecule has 9 heteroatoms. The van der Waals surface area contributed by atoms with Crippen LogP contribution in [0.25, 0.3) is 10.9 Å². The Morgan fingerprint density at radius 2 is 1.97 bits per heavy atom. The van der Waals surface area contributed by atoms with Crippen LogP contribution in [0.15, 0.2) is 53.8 Å². The zero-order chi connectivity index (χ0) is 22.3. The number of benzene rings is 2. The highest BCUT2D eigenvalue weighted by Crippen LogP contribution is 2.32. The summed E-state index contributed by atoms with van der Waals surface area (Å²) in [6.45, 7) is 1.59. The van der Waals surface area contributed by atoms with Crippen molar-refractivity contribution >= 4 is 28.5 Å². The molecule has 0 radical (unpaired) electrons. The molecule has 4 rings (SSSR count). The summed E-state index contributed by atoms with van der Waals surface area (Å²) < 4.78 is 15.5. The van der Waals surface area contributed by atoms with E-state index in [0.29, 0.717) is 30.2 Å². The molecule has 0 spiro atoms. The quantitative estimate of drug-likeness (QED) is 0.302. The molecule has 32 heavy (non-hydrogen) atoms. The lowest BCUT2D eigenvalue weighted by Gasteiger charge is -2.07. The third-order valence-corrected chi connectivity index (χ3v) is 4.93. The molecule has 1 aliphatic heterocycles. The van der Waals surface area contributed by atoms with Crippen molar-refractivity contribution in [3.63, 3.8) is 0 Å². The third-order valence-electron chi connectivity index (χ3n) is 4.93. The highest BCUT2D eigenvalue weighted by atomic mass is 16.7. The average Bonchev–Trinajstić information content (AvgIpc) is 3.44. The SMILES string of the molecule is C/C(=N\OCC(=O)OCC(=O)NCCc1c[nH]c2ccccc12)c1ccc2c(c1)OCO2. The monoisotopic (exact) mass is 437 g/mol. The first kappa shape index (κ1) is 21.2.